The summed E-state index contributed by atoms with van der Waals surface area (Å²) < 4.78 is 0. The van der Waals surface area contributed by atoms with Gasteiger partial charge in [0, 0.05) is 38.4 Å². The Labute approximate surface area is 116 Å². The molecule has 0 aliphatic heterocycles. The molecule has 0 spiro atoms. The molecule has 1 aromatic heterocycles. The van der Waals surface area contributed by atoms with Crippen LogP contribution in [0.1, 0.15) is 32.4 Å². The number of carbonyl (C=O) groups is 1. The van der Waals surface area contributed by atoms with Crippen LogP contribution in [0.15, 0.2) is 24.4 Å². The highest BCUT2D eigenvalue weighted by Crippen LogP contribution is 2.27. The van der Waals surface area contributed by atoms with Gasteiger partial charge in [0.1, 0.15) is 0 Å². The molecule has 1 rings (SSSR count). The lowest BCUT2D eigenvalue weighted by Crippen LogP contribution is -2.46. The number of nitrogens with two attached hydrogens (primary N) is 1. The van der Waals surface area contributed by atoms with Gasteiger partial charge in [0.05, 0.1) is 5.41 Å². The number of rotatable bonds is 7. The first-order valence-corrected chi connectivity index (χ1v) is 6.95. The largest absolute Gasteiger partial charge is 0.345 e. The predicted octanol–water partition coefficient (Wildman–Crippen LogP) is 1.85. The van der Waals surface area contributed by atoms with Crippen molar-refractivity contribution in [3.63, 3.8) is 0 Å². The quantitative estimate of drug-likeness (QED) is 0.816. The molecule has 4 nitrogen and oxygen atoms in total. The number of aromatic nitrogens is 1. The summed E-state index contributed by atoms with van der Waals surface area (Å²) in [7, 11) is 1.85. The van der Waals surface area contributed by atoms with Crippen molar-refractivity contribution in [3.8, 4) is 0 Å². The second kappa shape index (κ2) is 7.24. The molecule has 0 saturated heterocycles. The number of pyridine rings is 1. The third-order valence-electron chi connectivity index (χ3n) is 3.97. The van der Waals surface area contributed by atoms with E-state index in [1.807, 2.05) is 39.1 Å². The Balaban J connectivity index is 2.62. The number of likely N-dealkylation sites (N-methyl/N-ethyl adjacent to an activating group) is 1. The van der Waals surface area contributed by atoms with Crippen molar-refractivity contribution in [1.29, 1.82) is 0 Å². The summed E-state index contributed by atoms with van der Waals surface area (Å²) in [5.74, 6) is 0.149. The van der Waals surface area contributed by atoms with Gasteiger partial charge in [0.2, 0.25) is 5.91 Å². The van der Waals surface area contributed by atoms with Gasteiger partial charge in [-0.25, -0.2) is 0 Å². The summed E-state index contributed by atoms with van der Waals surface area (Å²) in [6.07, 6.45) is 4.12. The van der Waals surface area contributed by atoms with E-state index in [0.717, 1.165) is 25.0 Å². The van der Waals surface area contributed by atoms with Crippen LogP contribution < -0.4 is 5.73 Å². The molecule has 1 amide bonds. The molecule has 1 heterocycles. The van der Waals surface area contributed by atoms with Crippen LogP contribution in [0.3, 0.4) is 0 Å². The van der Waals surface area contributed by atoms with Crippen LogP contribution in [0.4, 0.5) is 0 Å². The van der Waals surface area contributed by atoms with E-state index in [9.17, 15) is 4.79 Å². The first-order chi connectivity index (χ1) is 9.09. The second-order valence-electron chi connectivity index (χ2n) is 4.99. The summed E-state index contributed by atoms with van der Waals surface area (Å²) in [6.45, 7) is 5.14. The maximum absolute atomic E-state index is 12.5. The monoisotopic (exact) mass is 263 g/mol. The van der Waals surface area contributed by atoms with E-state index in [1.54, 1.807) is 11.1 Å². The maximum Gasteiger partial charge on any atom is 0.229 e. The van der Waals surface area contributed by atoms with Crippen LogP contribution in [0.5, 0.6) is 0 Å². The van der Waals surface area contributed by atoms with Crippen molar-refractivity contribution >= 4 is 5.91 Å². The lowest BCUT2D eigenvalue weighted by atomic mass is 9.81. The lowest BCUT2D eigenvalue weighted by Gasteiger charge is -2.33. The van der Waals surface area contributed by atoms with Gasteiger partial charge < -0.3 is 10.6 Å². The number of hydrogen-bond donors (Lipinski definition) is 1. The van der Waals surface area contributed by atoms with Crippen molar-refractivity contribution in [2.75, 3.05) is 20.1 Å². The number of hydrogen-bond acceptors (Lipinski definition) is 3. The van der Waals surface area contributed by atoms with Crippen LogP contribution in [0.25, 0.3) is 0 Å². The van der Waals surface area contributed by atoms with Gasteiger partial charge in [-0.2, -0.15) is 0 Å². The smallest absolute Gasteiger partial charge is 0.229 e. The van der Waals surface area contributed by atoms with E-state index in [1.165, 1.54) is 0 Å². The Hall–Kier alpha value is -1.42. The first-order valence-electron chi connectivity index (χ1n) is 6.95. The highest BCUT2D eigenvalue weighted by Gasteiger charge is 2.35. The molecule has 0 fully saturated rings. The second-order valence-corrected chi connectivity index (χ2v) is 4.99. The molecule has 19 heavy (non-hydrogen) atoms. The minimum Gasteiger partial charge on any atom is -0.345 e. The third kappa shape index (κ3) is 3.77. The van der Waals surface area contributed by atoms with Crippen LogP contribution in [-0.4, -0.2) is 35.9 Å². The Kier molecular flexibility index (Phi) is 5.96. The number of carbonyl (C=O) groups excluding carboxylic acids is 1. The molecule has 1 aromatic rings. The Morgan fingerprint density at radius 3 is 2.53 bits per heavy atom. The zero-order valence-electron chi connectivity index (χ0n) is 12.2. The molecule has 0 unspecified atom stereocenters. The van der Waals surface area contributed by atoms with Crippen molar-refractivity contribution < 1.29 is 4.79 Å². The summed E-state index contributed by atoms with van der Waals surface area (Å²) in [6, 6.07) is 5.84. The van der Waals surface area contributed by atoms with Gasteiger partial charge >= 0.3 is 0 Å². The van der Waals surface area contributed by atoms with Crippen molar-refractivity contribution in [3.05, 3.63) is 30.1 Å². The Morgan fingerprint density at radius 2 is 2.05 bits per heavy atom. The molecule has 0 saturated carbocycles. The predicted molar refractivity (Wildman–Crippen MR) is 77.6 cm³/mol. The third-order valence-corrected chi connectivity index (χ3v) is 3.97. The molecule has 4 heteroatoms. The molecule has 0 radical (unpaired) electrons. The van der Waals surface area contributed by atoms with Crippen LogP contribution >= 0.6 is 0 Å². The molecule has 106 valence electrons. The zero-order valence-corrected chi connectivity index (χ0v) is 12.2. The van der Waals surface area contributed by atoms with E-state index in [0.29, 0.717) is 13.1 Å². The topological polar surface area (TPSA) is 59.2 Å². The van der Waals surface area contributed by atoms with Crippen molar-refractivity contribution in [2.45, 2.75) is 33.1 Å². The van der Waals surface area contributed by atoms with E-state index < -0.39 is 5.41 Å². The van der Waals surface area contributed by atoms with Gasteiger partial charge in [-0.05, 0) is 25.0 Å². The molecule has 2 N–H and O–H groups in total. The highest BCUT2D eigenvalue weighted by atomic mass is 16.2. The summed E-state index contributed by atoms with van der Waals surface area (Å²) in [5.41, 5.74) is 6.42. The minimum absolute atomic E-state index is 0.149. The standard InChI is InChI=1S/C15H25N3O/c1-4-15(5-2,12-16)14(19)18(3)11-9-13-8-6-7-10-17-13/h6-8,10H,4-5,9,11-12,16H2,1-3H3. The fraction of sp³-hybridized carbons (Fsp3) is 0.600. The SMILES string of the molecule is CCC(CC)(CN)C(=O)N(C)CCc1ccccn1. The van der Waals surface area contributed by atoms with Crippen LogP contribution in [-0.2, 0) is 11.2 Å². The van der Waals surface area contributed by atoms with Crippen LogP contribution in [0, 0.1) is 5.41 Å². The molecular formula is C15H25N3O. The zero-order chi connectivity index (χ0) is 14.3. The highest BCUT2D eigenvalue weighted by molar-refractivity contribution is 5.82. The number of amides is 1. The normalized spacial score (nSPS) is 11.4. The van der Waals surface area contributed by atoms with E-state index in [-0.39, 0.29) is 5.91 Å². The molecular weight excluding hydrogens is 238 g/mol. The molecule has 0 aromatic carbocycles. The summed E-state index contributed by atoms with van der Waals surface area (Å²) >= 11 is 0. The molecule has 0 atom stereocenters. The Bertz CT molecular complexity index is 379. The first kappa shape index (κ1) is 15.6. The van der Waals surface area contributed by atoms with Crippen molar-refractivity contribution in [2.24, 2.45) is 11.1 Å². The summed E-state index contributed by atoms with van der Waals surface area (Å²) in [5, 5.41) is 0. The van der Waals surface area contributed by atoms with Gasteiger partial charge in [0.15, 0.2) is 0 Å². The summed E-state index contributed by atoms with van der Waals surface area (Å²) in [4.78, 5) is 18.6. The van der Waals surface area contributed by atoms with Gasteiger partial charge in [-0.3, -0.25) is 9.78 Å². The lowest BCUT2D eigenvalue weighted by molar-refractivity contribution is -0.140. The fourth-order valence-electron chi connectivity index (χ4n) is 2.26. The molecule has 0 bridgehead atoms. The molecule has 0 aliphatic carbocycles. The minimum atomic E-state index is -0.404. The average Bonchev–Trinajstić information content (AvgIpc) is 2.48. The Morgan fingerprint density at radius 1 is 1.37 bits per heavy atom. The van der Waals surface area contributed by atoms with E-state index in [2.05, 4.69) is 4.98 Å². The van der Waals surface area contributed by atoms with Gasteiger partial charge in [-0.15, -0.1) is 0 Å². The van der Waals surface area contributed by atoms with E-state index in [4.69, 9.17) is 5.73 Å². The van der Waals surface area contributed by atoms with Gasteiger partial charge in [-0.1, -0.05) is 19.9 Å². The molecule has 0 aliphatic rings. The average molecular weight is 263 g/mol. The van der Waals surface area contributed by atoms with Crippen LogP contribution in [0.2, 0.25) is 0 Å². The van der Waals surface area contributed by atoms with Gasteiger partial charge in [0.25, 0.3) is 0 Å². The maximum atomic E-state index is 12.5. The van der Waals surface area contributed by atoms with E-state index >= 15 is 0 Å². The fourth-order valence-corrected chi connectivity index (χ4v) is 2.26. The number of nitrogens with zero attached hydrogens (tertiary/aromatic N) is 2. The van der Waals surface area contributed by atoms with Crippen molar-refractivity contribution in [1.82, 2.24) is 9.88 Å².